The Morgan fingerprint density at radius 2 is 1.80 bits per heavy atom. The number of halogens is 2. The van der Waals surface area contributed by atoms with Gasteiger partial charge in [-0.1, -0.05) is 18.2 Å². The normalized spacial score (nSPS) is 21.1. The van der Waals surface area contributed by atoms with Gasteiger partial charge in [-0.2, -0.15) is 0 Å². The zero-order chi connectivity index (χ0) is 14.2. The highest BCUT2D eigenvalue weighted by atomic mass is 19.3. The number of para-hydroxylation sites is 1. The summed E-state index contributed by atoms with van der Waals surface area (Å²) in [6.45, 7) is 0.475. The van der Waals surface area contributed by atoms with Gasteiger partial charge in [-0.3, -0.25) is 0 Å². The second kappa shape index (κ2) is 4.85. The molecule has 108 valence electrons. The lowest BCUT2D eigenvalue weighted by Gasteiger charge is -2.39. The topological polar surface area (TPSA) is 41.8 Å². The Kier molecular flexibility index (Phi) is 3.28. The molecule has 3 rings (SSSR count). The van der Waals surface area contributed by atoms with Crippen LogP contribution in [0.1, 0.15) is 31.2 Å². The van der Waals surface area contributed by atoms with Gasteiger partial charge in [0.25, 0.3) is 0 Å². The molecule has 0 amide bonds. The molecule has 20 heavy (non-hydrogen) atoms. The molecule has 1 aromatic heterocycles. The number of nitrogens with one attached hydrogen (secondary N) is 1. The van der Waals surface area contributed by atoms with Crippen molar-refractivity contribution in [1.29, 1.82) is 0 Å². The molecule has 2 aromatic rings. The average molecular weight is 278 g/mol. The van der Waals surface area contributed by atoms with Gasteiger partial charge < -0.3 is 10.7 Å². The van der Waals surface area contributed by atoms with E-state index in [0.29, 0.717) is 19.4 Å². The Hall–Kier alpha value is -1.42. The summed E-state index contributed by atoms with van der Waals surface area (Å²) in [5.41, 5.74) is 8.04. The zero-order valence-corrected chi connectivity index (χ0v) is 11.5. The number of rotatable bonds is 3. The number of aromatic amines is 1. The van der Waals surface area contributed by atoms with Gasteiger partial charge in [0.15, 0.2) is 0 Å². The summed E-state index contributed by atoms with van der Waals surface area (Å²) in [5, 5.41) is 1.18. The van der Waals surface area contributed by atoms with E-state index in [1.54, 1.807) is 0 Å². The number of nitrogens with two attached hydrogens (primary N) is 1. The maximum atomic E-state index is 13.4. The number of hydrogen-bond acceptors (Lipinski definition) is 1. The van der Waals surface area contributed by atoms with Gasteiger partial charge >= 0.3 is 0 Å². The number of fused-ring (bicyclic) bond motifs is 1. The minimum atomic E-state index is -2.50. The highest BCUT2D eigenvalue weighted by molar-refractivity contribution is 5.83. The smallest absolute Gasteiger partial charge is 0.248 e. The van der Waals surface area contributed by atoms with Crippen molar-refractivity contribution in [1.82, 2.24) is 4.98 Å². The lowest BCUT2D eigenvalue weighted by atomic mass is 9.69. The van der Waals surface area contributed by atoms with Crippen molar-refractivity contribution < 1.29 is 8.78 Å². The molecule has 1 aliphatic carbocycles. The molecule has 0 unspecified atom stereocenters. The molecule has 1 aromatic carbocycles. The predicted molar refractivity (Wildman–Crippen MR) is 76.9 cm³/mol. The van der Waals surface area contributed by atoms with Crippen LogP contribution in [0.3, 0.4) is 0 Å². The van der Waals surface area contributed by atoms with E-state index in [1.165, 1.54) is 10.9 Å². The monoisotopic (exact) mass is 278 g/mol. The molecule has 3 N–H and O–H groups in total. The summed E-state index contributed by atoms with van der Waals surface area (Å²) in [6, 6.07) is 8.10. The van der Waals surface area contributed by atoms with Gasteiger partial charge in [0, 0.05) is 29.9 Å². The van der Waals surface area contributed by atoms with Crippen molar-refractivity contribution in [2.24, 2.45) is 11.1 Å². The number of hydrogen-bond donors (Lipinski definition) is 2. The average Bonchev–Trinajstić information content (AvgIpc) is 2.85. The Bertz CT molecular complexity index is 593. The van der Waals surface area contributed by atoms with E-state index in [4.69, 9.17) is 5.73 Å². The summed E-state index contributed by atoms with van der Waals surface area (Å²) in [7, 11) is 0. The third kappa shape index (κ3) is 2.44. The maximum absolute atomic E-state index is 13.4. The van der Waals surface area contributed by atoms with Gasteiger partial charge in [0.2, 0.25) is 5.92 Å². The van der Waals surface area contributed by atoms with Gasteiger partial charge in [-0.15, -0.1) is 0 Å². The summed E-state index contributed by atoms with van der Waals surface area (Å²) in [6.07, 6.45) is 3.73. The van der Waals surface area contributed by atoms with Crippen LogP contribution in [-0.4, -0.2) is 17.5 Å². The zero-order valence-electron chi connectivity index (χ0n) is 11.5. The first-order valence-corrected chi connectivity index (χ1v) is 7.17. The Morgan fingerprint density at radius 1 is 1.10 bits per heavy atom. The van der Waals surface area contributed by atoms with Gasteiger partial charge in [-0.05, 0) is 42.9 Å². The minimum Gasteiger partial charge on any atom is -0.361 e. The van der Waals surface area contributed by atoms with Crippen LogP contribution in [0.2, 0.25) is 0 Å². The van der Waals surface area contributed by atoms with Crippen molar-refractivity contribution in [3.63, 3.8) is 0 Å². The molecule has 1 heterocycles. The fourth-order valence-corrected chi connectivity index (χ4v) is 3.28. The molecule has 0 bridgehead atoms. The number of aromatic nitrogens is 1. The van der Waals surface area contributed by atoms with Crippen LogP contribution in [0.5, 0.6) is 0 Å². The second-order valence-corrected chi connectivity index (χ2v) is 6.10. The highest BCUT2D eigenvalue weighted by Gasteiger charge is 2.42. The molecule has 1 fully saturated rings. The Balaban J connectivity index is 1.85. The quantitative estimate of drug-likeness (QED) is 0.879. The van der Waals surface area contributed by atoms with Crippen molar-refractivity contribution >= 4 is 10.9 Å². The molecule has 1 aliphatic rings. The van der Waals surface area contributed by atoms with Crippen LogP contribution in [-0.2, 0) is 6.42 Å². The second-order valence-electron chi connectivity index (χ2n) is 6.10. The SMILES string of the molecule is NCC1(Cc2c[nH]c3ccccc23)CCC(F)(F)CC1. The van der Waals surface area contributed by atoms with Crippen LogP contribution < -0.4 is 5.73 Å². The van der Waals surface area contributed by atoms with Crippen LogP contribution in [0.15, 0.2) is 30.5 Å². The highest BCUT2D eigenvalue weighted by Crippen LogP contribution is 2.45. The van der Waals surface area contributed by atoms with E-state index in [1.807, 2.05) is 24.4 Å². The van der Waals surface area contributed by atoms with E-state index in [9.17, 15) is 8.78 Å². The Morgan fingerprint density at radius 3 is 2.50 bits per heavy atom. The van der Waals surface area contributed by atoms with Gasteiger partial charge in [-0.25, -0.2) is 8.78 Å². The van der Waals surface area contributed by atoms with Crippen LogP contribution in [0.25, 0.3) is 10.9 Å². The molecule has 0 radical (unpaired) electrons. The molecule has 1 saturated carbocycles. The molecular weight excluding hydrogens is 258 g/mol. The van der Waals surface area contributed by atoms with Crippen molar-refractivity contribution in [3.05, 3.63) is 36.0 Å². The number of benzene rings is 1. The molecular formula is C16H20F2N2. The molecule has 0 saturated heterocycles. The third-order valence-electron chi connectivity index (χ3n) is 4.72. The van der Waals surface area contributed by atoms with Gasteiger partial charge in [0.05, 0.1) is 0 Å². The number of H-pyrrole nitrogens is 1. The lowest BCUT2D eigenvalue weighted by Crippen LogP contribution is -2.40. The summed E-state index contributed by atoms with van der Waals surface area (Å²) < 4.78 is 26.7. The van der Waals surface area contributed by atoms with E-state index in [2.05, 4.69) is 11.1 Å². The number of alkyl halides is 2. The summed E-state index contributed by atoms with van der Waals surface area (Å²) in [4.78, 5) is 3.25. The lowest BCUT2D eigenvalue weighted by molar-refractivity contribution is -0.0651. The van der Waals surface area contributed by atoms with E-state index in [-0.39, 0.29) is 18.3 Å². The first kappa shape index (κ1) is 13.6. The molecule has 0 atom stereocenters. The largest absolute Gasteiger partial charge is 0.361 e. The van der Waals surface area contributed by atoms with Crippen molar-refractivity contribution in [2.75, 3.05) is 6.54 Å². The molecule has 0 aliphatic heterocycles. The summed E-state index contributed by atoms with van der Waals surface area (Å²) in [5.74, 6) is -2.50. The Labute approximate surface area is 117 Å². The van der Waals surface area contributed by atoms with Crippen molar-refractivity contribution in [2.45, 2.75) is 38.0 Å². The fraction of sp³-hybridized carbons (Fsp3) is 0.500. The van der Waals surface area contributed by atoms with Crippen LogP contribution in [0.4, 0.5) is 8.78 Å². The van der Waals surface area contributed by atoms with Crippen LogP contribution >= 0.6 is 0 Å². The molecule has 0 spiro atoms. The predicted octanol–water partition coefficient (Wildman–Crippen LogP) is 3.86. The van der Waals surface area contributed by atoms with E-state index in [0.717, 1.165) is 11.9 Å². The minimum absolute atomic E-state index is 0.0352. The standard InChI is InChI=1S/C16H20F2N2/c17-16(18)7-5-15(11-19,6-8-16)9-12-10-20-14-4-2-1-3-13(12)14/h1-4,10,20H,5-9,11,19H2. The van der Waals surface area contributed by atoms with E-state index < -0.39 is 5.92 Å². The molecule has 4 heteroatoms. The fourth-order valence-electron chi connectivity index (χ4n) is 3.28. The first-order valence-electron chi connectivity index (χ1n) is 7.17. The molecule has 2 nitrogen and oxygen atoms in total. The first-order chi connectivity index (χ1) is 9.54. The van der Waals surface area contributed by atoms with Crippen LogP contribution in [0, 0.1) is 5.41 Å². The summed E-state index contributed by atoms with van der Waals surface area (Å²) >= 11 is 0. The van der Waals surface area contributed by atoms with Gasteiger partial charge in [0.1, 0.15) is 0 Å². The van der Waals surface area contributed by atoms with E-state index >= 15 is 0 Å². The maximum Gasteiger partial charge on any atom is 0.248 e. The third-order valence-corrected chi connectivity index (χ3v) is 4.72. The van der Waals surface area contributed by atoms with Crippen molar-refractivity contribution in [3.8, 4) is 0 Å².